The molecule has 0 spiro atoms. The van der Waals surface area contributed by atoms with Crippen molar-refractivity contribution in [3.05, 3.63) is 63.5 Å². The Kier molecular flexibility index (Phi) is 3.97. The van der Waals surface area contributed by atoms with Gasteiger partial charge in [0.15, 0.2) is 11.6 Å². The van der Waals surface area contributed by atoms with Crippen LogP contribution in [-0.4, -0.2) is 10.0 Å². The minimum absolute atomic E-state index is 0.126. The molecule has 8 heteroatoms. The quantitative estimate of drug-likeness (QED) is 0.670. The van der Waals surface area contributed by atoms with Crippen molar-refractivity contribution in [1.29, 1.82) is 0 Å². The van der Waals surface area contributed by atoms with Gasteiger partial charge in [-0.3, -0.25) is 10.1 Å². The number of nitrogens with one attached hydrogen (secondary N) is 1. The summed E-state index contributed by atoms with van der Waals surface area (Å²) in [6.07, 6.45) is 0. The van der Waals surface area contributed by atoms with Gasteiger partial charge in [0.05, 0.1) is 10.6 Å². The molecule has 110 valence electrons. The number of nitrogens with zero attached hydrogens (tertiary/aromatic N) is 1. The summed E-state index contributed by atoms with van der Waals surface area (Å²) in [4.78, 5) is 9.60. The van der Waals surface area contributed by atoms with Crippen LogP contribution in [0.5, 0.6) is 5.75 Å². The van der Waals surface area contributed by atoms with Gasteiger partial charge in [-0.2, -0.15) is 4.39 Å². The van der Waals surface area contributed by atoms with Crippen LogP contribution in [0.25, 0.3) is 0 Å². The van der Waals surface area contributed by atoms with Crippen LogP contribution >= 0.6 is 0 Å². The monoisotopic (exact) mass is 298 g/mol. The van der Waals surface area contributed by atoms with Crippen LogP contribution in [0, 0.1) is 27.6 Å². The number of phenolic OH excluding ortho intramolecular Hbond substituents is 1. The largest absolute Gasteiger partial charge is 0.505 e. The van der Waals surface area contributed by atoms with Crippen molar-refractivity contribution < 1.29 is 23.2 Å². The van der Waals surface area contributed by atoms with Crippen molar-refractivity contribution in [2.45, 2.75) is 6.54 Å². The number of phenols is 1. The van der Waals surface area contributed by atoms with Crippen LogP contribution in [0.4, 0.5) is 24.5 Å². The highest BCUT2D eigenvalue weighted by Gasteiger charge is 2.18. The van der Waals surface area contributed by atoms with Gasteiger partial charge in [0.2, 0.25) is 5.82 Å². The fourth-order valence-corrected chi connectivity index (χ4v) is 1.71. The van der Waals surface area contributed by atoms with E-state index < -0.39 is 33.8 Å². The maximum absolute atomic E-state index is 13.5. The minimum Gasteiger partial charge on any atom is -0.505 e. The third-order valence-corrected chi connectivity index (χ3v) is 2.77. The summed E-state index contributed by atoms with van der Waals surface area (Å²) >= 11 is 0. The van der Waals surface area contributed by atoms with Crippen molar-refractivity contribution in [3.8, 4) is 5.75 Å². The molecule has 0 atom stereocenters. The molecule has 2 rings (SSSR count). The van der Waals surface area contributed by atoms with E-state index in [1.807, 2.05) is 0 Å². The molecule has 0 saturated carbocycles. The molecule has 0 unspecified atom stereocenters. The third kappa shape index (κ3) is 3.04. The van der Waals surface area contributed by atoms with Crippen molar-refractivity contribution in [1.82, 2.24) is 0 Å². The maximum Gasteiger partial charge on any atom is 0.307 e. The number of nitro groups is 1. The molecule has 5 nitrogen and oxygen atoms in total. The Bertz CT molecular complexity index is 707. The van der Waals surface area contributed by atoms with Crippen molar-refractivity contribution in [2.75, 3.05) is 5.32 Å². The Balaban J connectivity index is 2.26. The van der Waals surface area contributed by atoms with Gasteiger partial charge in [0.1, 0.15) is 5.82 Å². The topological polar surface area (TPSA) is 75.4 Å². The summed E-state index contributed by atoms with van der Waals surface area (Å²) < 4.78 is 39.8. The lowest BCUT2D eigenvalue weighted by molar-refractivity contribution is -0.387. The Hall–Kier alpha value is -2.77. The Labute approximate surface area is 116 Å². The Morgan fingerprint density at radius 1 is 1.14 bits per heavy atom. The smallest absolute Gasteiger partial charge is 0.307 e. The normalized spacial score (nSPS) is 10.4. The zero-order valence-corrected chi connectivity index (χ0v) is 10.4. The summed E-state index contributed by atoms with van der Waals surface area (Å²) in [6.45, 7) is -0.191. The van der Waals surface area contributed by atoms with Gasteiger partial charge in [-0.1, -0.05) is 12.1 Å². The highest BCUT2D eigenvalue weighted by molar-refractivity contribution is 5.53. The molecule has 0 aliphatic carbocycles. The van der Waals surface area contributed by atoms with Gasteiger partial charge in [0.25, 0.3) is 0 Å². The summed E-state index contributed by atoms with van der Waals surface area (Å²) in [5.74, 6) is -3.78. The van der Waals surface area contributed by atoms with E-state index in [1.54, 1.807) is 0 Å². The fraction of sp³-hybridized carbons (Fsp3) is 0.0769. The van der Waals surface area contributed by atoms with Gasteiger partial charge in [0, 0.05) is 24.2 Å². The number of benzene rings is 2. The number of para-hydroxylation sites is 1. The van der Waals surface area contributed by atoms with Gasteiger partial charge >= 0.3 is 5.69 Å². The number of nitro benzene ring substituents is 1. The molecular formula is C13H9F3N2O3. The maximum atomic E-state index is 13.5. The molecule has 0 aromatic heterocycles. The van der Waals surface area contributed by atoms with Crippen LogP contribution in [0.3, 0.4) is 0 Å². The van der Waals surface area contributed by atoms with Gasteiger partial charge in [-0.05, 0) is 6.07 Å². The van der Waals surface area contributed by atoms with E-state index in [1.165, 1.54) is 12.1 Å². The predicted octanol–water partition coefficient (Wildman–Crippen LogP) is 3.33. The second kappa shape index (κ2) is 5.70. The summed E-state index contributed by atoms with van der Waals surface area (Å²) in [7, 11) is 0. The van der Waals surface area contributed by atoms with Crippen LogP contribution in [0.15, 0.2) is 30.3 Å². The van der Waals surface area contributed by atoms with Crippen LogP contribution in [0.2, 0.25) is 0 Å². The first-order valence-electron chi connectivity index (χ1n) is 5.74. The van der Waals surface area contributed by atoms with Gasteiger partial charge in [-0.25, -0.2) is 8.78 Å². The Morgan fingerprint density at radius 3 is 2.52 bits per heavy atom. The van der Waals surface area contributed by atoms with E-state index in [0.717, 1.165) is 6.07 Å². The zero-order chi connectivity index (χ0) is 15.6. The van der Waals surface area contributed by atoms with Crippen LogP contribution < -0.4 is 5.32 Å². The number of hydrogen-bond acceptors (Lipinski definition) is 4. The molecule has 0 saturated heterocycles. The van der Waals surface area contributed by atoms with Crippen molar-refractivity contribution >= 4 is 11.4 Å². The number of halogens is 3. The van der Waals surface area contributed by atoms with Crippen LogP contribution in [-0.2, 0) is 6.54 Å². The molecule has 2 aromatic rings. The zero-order valence-electron chi connectivity index (χ0n) is 10.4. The van der Waals surface area contributed by atoms with E-state index in [2.05, 4.69) is 5.32 Å². The number of aromatic hydroxyl groups is 1. The molecule has 2 N–H and O–H groups in total. The van der Waals surface area contributed by atoms with E-state index in [9.17, 15) is 28.4 Å². The van der Waals surface area contributed by atoms with Crippen molar-refractivity contribution in [3.63, 3.8) is 0 Å². The first kappa shape index (κ1) is 14.6. The van der Waals surface area contributed by atoms with E-state index >= 15 is 0 Å². The standard InChI is InChI=1S/C13H9F3N2O3/c14-8-3-1-2-7(13(8)19)6-17-11-5-12(18(20)21)10(16)4-9(11)15/h1-5,17,19H,6H2. The second-order valence-corrected chi connectivity index (χ2v) is 4.14. The first-order chi connectivity index (χ1) is 9.90. The lowest BCUT2D eigenvalue weighted by atomic mass is 10.2. The lowest BCUT2D eigenvalue weighted by Gasteiger charge is -2.09. The first-order valence-corrected chi connectivity index (χ1v) is 5.74. The highest BCUT2D eigenvalue weighted by atomic mass is 19.1. The molecular weight excluding hydrogens is 289 g/mol. The fourth-order valence-electron chi connectivity index (χ4n) is 1.71. The average molecular weight is 298 g/mol. The van der Waals surface area contributed by atoms with Gasteiger partial charge < -0.3 is 10.4 Å². The molecule has 0 fully saturated rings. The molecule has 21 heavy (non-hydrogen) atoms. The summed E-state index contributed by atoms with van der Waals surface area (Å²) in [5, 5.41) is 22.5. The molecule has 0 radical (unpaired) electrons. The van der Waals surface area contributed by atoms with E-state index in [4.69, 9.17) is 0 Å². The molecule has 0 aliphatic heterocycles. The SMILES string of the molecule is O=[N+]([O-])c1cc(NCc2cccc(F)c2O)c(F)cc1F. The summed E-state index contributed by atoms with van der Waals surface area (Å²) in [6, 6.07) is 4.85. The predicted molar refractivity (Wildman–Crippen MR) is 68.4 cm³/mol. The third-order valence-electron chi connectivity index (χ3n) is 2.77. The van der Waals surface area contributed by atoms with Crippen molar-refractivity contribution in [2.24, 2.45) is 0 Å². The van der Waals surface area contributed by atoms with Gasteiger partial charge in [-0.15, -0.1) is 0 Å². The second-order valence-electron chi connectivity index (χ2n) is 4.14. The number of anilines is 1. The van der Waals surface area contributed by atoms with Crippen LogP contribution in [0.1, 0.15) is 5.56 Å². The average Bonchev–Trinajstić information content (AvgIpc) is 2.41. The minimum atomic E-state index is -1.29. The molecule has 0 aliphatic rings. The molecule has 2 aromatic carbocycles. The molecule has 0 bridgehead atoms. The van der Waals surface area contributed by atoms with E-state index in [0.29, 0.717) is 12.1 Å². The van der Waals surface area contributed by atoms with E-state index in [-0.39, 0.29) is 17.8 Å². The molecule has 0 amide bonds. The number of rotatable bonds is 4. The summed E-state index contributed by atoms with van der Waals surface area (Å²) in [5.41, 5.74) is -1.09. The highest BCUT2D eigenvalue weighted by Crippen LogP contribution is 2.27. The Morgan fingerprint density at radius 2 is 1.86 bits per heavy atom. The number of hydrogen-bond donors (Lipinski definition) is 2. The lowest BCUT2D eigenvalue weighted by Crippen LogP contribution is -2.04. The molecule has 0 heterocycles.